The van der Waals surface area contributed by atoms with Gasteiger partial charge in [0.2, 0.25) is 5.13 Å². The number of aromatic nitrogens is 2. The molecule has 2 aromatic rings. The van der Waals surface area contributed by atoms with Crippen LogP contribution in [0.4, 0.5) is 5.13 Å². The number of nitrogens with one attached hydrogen (secondary N) is 1. The summed E-state index contributed by atoms with van der Waals surface area (Å²) < 4.78 is 0. The summed E-state index contributed by atoms with van der Waals surface area (Å²) in [5, 5.41) is 12.3. The van der Waals surface area contributed by atoms with E-state index in [0.29, 0.717) is 33.7 Å². The molecular weight excluding hydrogens is 307 g/mol. The molecule has 0 radical (unpaired) electrons. The highest BCUT2D eigenvalue weighted by Gasteiger charge is 2.10. The topological polar surface area (TPSA) is 80.9 Å². The van der Waals surface area contributed by atoms with Crippen molar-refractivity contribution in [2.45, 2.75) is 6.42 Å². The van der Waals surface area contributed by atoms with Crippen LogP contribution in [0.3, 0.4) is 0 Å². The Labute approximate surface area is 123 Å². The van der Waals surface area contributed by atoms with Gasteiger partial charge in [0.05, 0.1) is 10.6 Å². The second-order valence-corrected chi connectivity index (χ2v) is 5.60. The van der Waals surface area contributed by atoms with Gasteiger partial charge < -0.3 is 11.1 Å². The fourth-order valence-electron chi connectivity index (χ4n) is 1.42. The molecule has 8 heteroatoms. The molecule has 3 N–H and O–H groups in total. The third-order valence-electron chi connectivity index (χ3n) is 2.28. The smallest absolute Gasteiger partial charge is 0.252 e. The highest BCUT2D eigenvalue weighted by atomic mass is 35.5. The van der Waals surface area contributed by atoms with E-state index in [9.17, 15) is 4.79 Å². The number of amides is 1. The van der Waals surface area contributed by atoms with Crippen LogP contribution in [0.2, 0.25) is 10.0 Å². The predicted molar refractivity (Wildman–Crippen MR) is 76.8 cm³/mol. The standard InChI is InChI=1S/C11H10Cl2N4OS/c12-6-1-2-7(8(13)5-6)10(18)15-4-3-9-16-17-11(14)19-9/h1-2,5H,3-4H2,(H2,14,17)(H,15,18). The number of anilines is 1. The molecule has 1 aromatic heterocycles. The Balaban J connectivity index is 1.90. The Kier molecular flexibility index (Phi) is 4.57. The Morgan fingerprint density at radius 2 is 2.16 bits per heavy atom. The van der Waals surface area contributed by atoms with E-state index in [-0.39, 0.29) is 5.91 Å². The van der Waals surface area contributed by atoms with Crippen molar-refractivity contribution in [3.05, 3.63) is 38.8 Å². The molecule has 100 valence electrons. The number of halogens is 2. The van der Waals surface area contributed by atoms with Crippen LogP contribution in [0.5, 0.6) is 0 Å². The summed E-state index contributed by atoms with van der Waals surface area (Å²) in [5.41, 5.74) is 5.85. The zero-order chi connectivity index (χ0) is 13.8. The van der Waals surface area contributed by atoms with E-state index in [2.05, 4.69) is 15.5 Å². The number of carbonyl (C=O) groups excluding carboxylic acids is 1. The molecule has 0 bridgehead atoms. The lowest BCUT2D eigenvalue weighted by Crippen LogP contribution is -2.25. The van der Waals surface area contributed by atoms with E-state index >= 15 is 0 Å². The lowest BCUT2D eigenvalue weighted by Gasteiger charge is -2.05. The fraction of sp³-hybridized carbons (Fsp3) is 0.182. The van der Waals surface area contributed by atoms with E-state index in [1.165, 1.54) is 17.4 Å². The van der Waals surface area contributed by atoms with Crippen LogP contribution in [0.15, 0.2) is 18.2 Å². The van der Waals surface area contributed by atoms with Gasteiger partial charge in [0.15, 0.2) is 0 Å². The number of nitrogens with zero attached hydrogens (tertiary/aromatic N) is 2. The van der Waals surface area contributed by atoms with Crippen molar-refractivity contribution in [1.82, 2.24) is 15.5 Å². The maximum absolute atomic E-state index is 11.9. The molecule has 0 saturated carbocycles. The van der Waals surface area contributed by atoms with Crippen molar-refractivity contribution >= 4 is 45.6 Å². The van der Waals surface area contributed by atoms with Gasteiger partial charge in [-0.25, -0.2) is 0 Å². The molecule has 0 aliphatic heterocycles. The maximum atomic E-state index is 11.9. The summed E-state index contributed by atoms with van der Waals surface area (Å²) in [4.78, 5) is 11.9. The van der Waals surface area contributed by atoms with Crippen molar-refractivity contribution in [2.24, 2.45) is 0 Å². The van der Waals surface area contributed by atoms with Crippen molar-refractivity contribution in [1.29, 1.82) is 0 Å². The summed E-state index contributed by atoms with van der Waals surface area (Å²) in [7, 11) is 0. The van der Waals surface area contributed by atoms with Gasteiger partial charge in [-0.3, -0.25) is 4.79 Å². The van der Waals surface area contributed by atoms with Gasteiger partial charge in [-0.2, -0.15) is 0 Å². The first-order chi connectivity index (χ1) is 9.06. The zero-order valence-corrected chi connectivity index (χ0v) is 12.0. The average molecular weight is 317 g/mol. The molecule has 2 rings (SSSR count). The minimum Gasteiger partial charge on any atom is -0.374 e. The van der Waals surface area contributed by atoms with Gasteiger partial charge in [-0.05, 0) is 18.2 Å². The van der Waals surface area contributed by atoms with Crippen molar-refractivity contribution in [3.8, 4) is 0 Å². The van der Waals surface area contributed by atoms with Crippen LogP contribution < -0.4 is 11.1 Å². The number of hydrogen-bond donors (Lipinski definition) is 2. The van der Waals surface area contributed by atoms with Crippen molar-refractivity contribution in [2.75, 3.05) is 12.3 Å². The molecule has 0 atom stereocenters. The highest BCUT2D eigenvalue weighted by Crippen LogP contribution is 2.20. The largest absolute Gasteiger partial charge is 0.374 e. The quantitative estimate of drug-likeness (QED) is 0.907. The van der Waals surface area contributed by atoms with E-state index in [4.69, 9.17) is 28.9 Å². The predicted octanol–water partition coefficient (Wildman–Crippen LogP) is 2.40. The Hall–Kier alpha value is -1.37. The summed E-state index contributed by atoms with van der Waals surface area (Å²) in [6.45, 7) is 0.437. The Bertz CT molecular complexity index is 602. The Morgan fingerprint density at radius 1 is 1.37 bits per heavy atom. The number of nitrogen functional groups attached to an aromatic ring is 1. The molecule has 1 aromatic carbocycles. The molecule has 0 unspecified atom stereocenters. The molecule has 0 aliphatic rings. The highest BCUT2D eigenvalue weighted by molar-refractivity contribution is 7.15. The first-order valence-corrected chi connectivity index (χ1v) is 6.94. The molecule has 5 nitrogen and oxygen atoms in total. The number of rotatable bonds is 4. The van der Waals surface area contributed by atoms with Crippen LogP contribution in [-0.4, -0.2) is 22.6 Å². The first-order valence-electron chi connectivity index (χ1n) is 5.37. The molecule has 0 saturated heterocycles. The van der Waals surface area contributed by atoms with E-state index < -0.39 is 0 Å². The lowest BCUT2D eigenvalue weighted by atomic mass is 10.2. The zero-order valence-electron chi connectivity index (χ0n) is 9.69. The molecule has 0 spiro atoms. The summed E-state index contributed by atoms with van der Waals surface area (Å²) in [6, 6.07) is 4.74. The monoisotopic (exact) mass is 316 g/mol. The molecular formula is C11H10Cl2N4OS. The van der Waals surface area contributed by atoms with Gasteiger partial charge in [0.25, 0.3) is 5.91 Å². The molecule has 0 fully saturated rings. The second kappa shape index (κ2) is 6.18. The van der Waals surface area contributed by atoms with Gasteiger partial charge in [0.1, 0.15) is 5.01 Å². The summed E-state index contributed by atoms with van der Waals surface area (Å²) in [5.74, 6) is -0.251. The second-order valence-electron chi connectivity index (χ2n) is 3.66. The van der Waals surface area contributed by atoms with Crippen LogP contribution in [-0.2, 0) is 6.42 Å². The van der Waals surface area contributed by atoms with E-state index in [1.807, 2.05) is 0 Å². The minimum atomic E-state index is -0.251. The molecule has 0 aliphatic carbocycles. The third-order valence-corrected chi connectivity index (χ3v) is 3.64. The molecule has 1 amide bonds. The molecule has 19 heavy (non-hydrogen) atoms. The van der Waals surface area contributed by atoms with Crippen LogP contribution in [0, 0.1) is 0 Å². The van der Waals surface area contributed by atoms with Crippen molar-refractivity contribution < 1.29 is 4.79 Å². The van der Waals surface area contributed by atoms with Crippen LogP contribution in [0.25, 0.3) is 0 Å². The average Bonchev–Trinajstić information content (AvgIpc) is 2.75. The van der Waals surface area contributed by atoms with Gasteiger partial charge in [0, 0.05) is 18.0 Å². The van der Waals surface area contributed by atoms with Crippen molar-refractivity contribution in [3.63, 3.8) is 0 Å². The lowest BCUT2D eigenvalue weighted by molar-refractivity contribution is 0.0954. The van der Waals surface area contributed by atoms with E-state index in [0.717, 1.165) is 5.01 Å². The molecule has 1 heterocycles. The van der Waals surface area contributed by atoms with E-state index in [1.54, 1.807) is 12.1 Å². The number of hydrogen-bond acceptors (Lipinski definition) is 5. The summed E-state index contributed by atoms with van der Waals surface area (Å²) >= 11 is 13.0. The fourth-order valence-corrected chi connectivity index (χ4v) is 2.52. The SMILES string of the molecule is Nc1nnc(CCNC(=O)c2ccc(Cl)cc2Cl)s1. The van der Waals surface area contributed by atoms with Gasteiger partial charge in [-0.1, -0.05) is 34.5 Å². The van der Waals surface area contributed by atoms with Gasteiger partial charge >= 0.3 is 0 Å². The normalized spacial score (nSPS) is 10.4. The van der Waals surface area contributed by atoms with Crippen LogP contribution >= 0.6 is 34.5 Å². The third kappa shape index (κ3) is 3.79. The maximum Gasteiger partial charge on any atom is 0.252 e. The first kappa shape index (κ1) is 14.0. The summed E-state index contributed by atoms with van der Waals surface area (Å²) in [6.07, 6.45) is 0.575. The Morgan fingerprint density at radius 3 is 2.79 bits per heavy atom. The number of carbonyl (C=O) groups is 1. The number of benzene rings is 1. The minimum absolute atomic E-state index is 0.251. The number of nitrogens with two attached hydrogens (primary N) is 1. The van der Waals surface area contributed by atoms with Gasteiger partial charge in [-0.15, -0.1) is 10.2 Å². The van der Waals surface area contributed by atoms with Crippen LogP contribution in [0.1, 0.15) is 15.4 Å².